The Kier molecular flexibility index (Phi) is 12.2. The van der Waals surface area contributed by atoms with Gasteiger partial charge in [-0.1, -0.05) is 30.3 Å². The maximum absolute atomic E-state index is 13.2. The molecule has 0 saturated heterocycles. The van der Waals surface area contributed by atoms with E-state index in [1.807, 2.05) is 0 Å². The molecule has 1 aromatic carbocycles. The van der Waals surface area contributed by atoms with E-state index in [4.69, 9.17) is 16.6 Å². The van der Waals surface area contributed by atoms with Crippen molar-refractivity contribution in [2.24, 2.45) is 11.5 Å². The first-order valence-corrected chi connectivity index (χ1v) is 12.4. The number of benzene rings is 1. The number of primary amides is 1. The van der Waals surface area contributed by atoms with Gasteiger partial charge in [-0.25, -0.2) is 9.78 Å². The topological polar surface area (TPSA) is 260 Å². The Balaban J connectivity index is 2.18. The minimum Gasteiger partial charge on any atom is -0.481 e. The number of nitrogens with two attached hydrogens (primary N) is 2. The van der Waals surface area contributed by atoms with E-state index in [-0.39, 0.29) is 32.1 Å². The second-order valence-corrected chi connectivity index (χ2v) is 9.04. The van der Waals surface area contributed by atoms with E-state index in [0.29, 0.717) is 5.69 Å². The molecule has 0 fully saturated rings. The van der Waals surface area contributed by atoms with Gasteiger partial charge in [0.05, 0.1) is 12.4 Å². The Morgan fingerprint density at radius 1 is 0.825 bits per heavy atom. The number of aromatic amines is 1. The second kappa shape index (κ2) is 15.6. The number of hydrogen-bond acceptors (Lipinski definition) is 8. The zero-order valence-corrected chi connectivity index (χ0v) is 21.5. The van der Waals surface area contributed by atoms with Gasteiger partial charge in [0, 0.05) is 31.2 Å². The minimum absolute atomic E-state index is 0.146. The normalized spacial score (nSPS) is 13.7. The number of carboxylic acid groups (broad SMARTS) is 2. The lowest BCUT2D eigenvalue weighted by atomic mass is 10.0. The lowest BCUT2D eigenvalue weighted by Crippen LogP contribution is -2.58. The number of rotatable bonds is 17. The third-order valence-corrected chi connectivity index (χ3v) is 5.82. The molecule has 0 bridgehead atoms. The molecule has 1 aromatic heterocycles. The summed E-state index contributed by atoms with van der Waals surface area (Å²) in [6.45, 7) is 0. The van der Waals surface area contributed by atoms with Crippen LogP contribution in [0.15, 0.2) is 42.9 Å². The average Bonchev–Trinajstić information content (AvgIpc) is 3.41. The van der Waals surface area contributed by atoms with E-state index < -0.39 is 66.2 Å². The van der Waals surface area contributed by atoms with Gasteiger partial charge < -0.3 is 42.6 Å². The van der Waals surface area contributed by atoms with Crippen LogP contribution in [0.5, 0.6) is 0 Å². The standard InChI is InChI=1S/C25H33N7O8/c26-16(10-14-4-2-1-3-5-14)22(36)30-17(7-9-21(34)35)23(37)32-19(11-15-12-28-13-29-15)24(38)31-18(25(39)40)6-8-20(27)33/h1-5,12-13,16-19H,6-11,26H2,(H2,27,33)(H,28,29)(H,30,36)(H,31,38)(H,32,37)(H,34,35)(H,39,40). The van der Waals surface area contributed by atoms with Crippen LogP contribution in [0.3, 0.4) is 0 Å². The van der Waals surface area contributed by atoms with Crippen LogP contribution < -0.4 is 27.4 Å². The van der Waals surface area contributed by atoms with Crippen molar-refractivity contribution >= 4 is 35.6 Å². The molecule has 1 heterocycles. The first-order chi connectivity index (χ1) is 19.0. The molecular formula is C25H33N7O8. The quantitative estimate of drug-likeness (QED) is 0.108. The van der Waals surface area contributed by atoms with E-state index in [9.17, 15) is 33.9 Å². The van der Waals surface area contributed by atoms with Crippen molar-refractivity contribution < 1.29 is 39.0 Å². The molecule has 0 aliphatic carbocycles. The minimum atomic E-state index is -1.47. The summed E-state index contributed by atoms with van der Waals surface area (Å²) in [5.74, 6) is -5.88. The van der Waals surface area contributed by atoms with E-state index in [0.717, 1.165) is 5.56 Å². The van der Waals surface area contributed by atoms with Gasteiger partial charge in [-0.05, 0) is 24.8 Å². The van der Waals surface area contributed by atoms with Gasteiger partial charge in [0.1, 0.15) is 18.1 Å². The van der Waals surface area contributed by atoms with Crippen molar-refractivity contribution in [3.63, 3.8) is 0 Å². The van der Waals surface area contributed by atoms with Crippen molar-refractivity contribution in [1.82, 2.24) is 25.9 Å². The zero-order chi connectivity index (χ0) is 29.7. The molecule has 4 atom stereocenters. The van der Waals surface area contributed by atoms with Crippen molar-refractivity contribution in [1.29, 1.82) is 0 Å². The molecular weight excluding hydrogens is 526 g/mol. The molecule has 2 rings (SSSR count). The summed E-state index contributed by atoms with van der Waals surface area (Å²) < 4.78 is 0. The lowest BCUT2D eigenvalue weighted by molar-refractivity contribution is -0.142. The van der Waals surface area contributed by atoms with Gasteiger partial charge in [0.15, 0.2) is 0 Å². The van der Waals surface area contributed by atoms with Gasteiger partial charge in [-0.2, -0.15) is 0 Å². The summed E-state index contributed by atoms with van der Waals surface area (Å²) in [5, 5.41) is 25.7. The average molecular weight is 560 g/mol. The summed E-state index contributed by atoms with van der Waals surface area (Å²) in [7, 11) is 0. The van der Waals surface area contributed by atoms with E-state index in [2.05, 4.69) is 25.9 Å². The van der Waals surface area contributed by atoms with Crippen LogP contribution in [0.25, 0.3) is 0 Å². The molecule has 15 nitrogen and oxygen atoms in total. The number of aliphatic carboxylic acids is 2. The monoisotopic (exact) mass is 559 g/mol. The van der Waals surface area contributed by atoms with Crippen LogP contribution >= 0.6 is 0 Å². The Labute approximate surface area is 229 Å². The van der Waals surface area contributed by atoms with Crippen molar-refractivity contribution in [3.05, 3.63) is 54.1 Å². The van der Waals surface area contributed by atoms with Crippen LogP contribution in [0.1, 0.15) is 36.9 Å². The molecule has 0 radical (unpaired) electrons. The number of nitrogens with one attached hydrogen (secondary N) is 4. The smallest absolute Gasteiger partial charge is 0.326 e. The van der Waals surface area contributed by atoms with Crippen molar-refractivity contribution in [2.45, 2.75) is 62.7 Å². The van der Waals surface area contributed by atoms with Crippen LogP contribution in [-0.4, -0.2) is 79.9 Å². The summed E-state index contributed by atoms with van der Waals surface area (Å²) in [5.41, 5.74) is 12.3. The van der Waals surface area contributed by atoms with Crippen molar-refractivity contribution in [2.75, 3.05) is 0 Å². The van der Waals surface area contributed by atoms with Gasteiger partial charge in [0.2, 0.25) is 23.6 Å². The molecule has 4 amide bonds. The maximum Gasteiger partial charge on any atom is 0.326 e. The lowest BCUT2D eigenvalue weighted by Gasteiger charge is -2.25. The first kappa shape index (κ1) is 31.4. The highest BCUT2D eigenvalue weighted by Crippen LogP contribution is 2.07. The highest BCUT2D eigenvalue weighted by molar-refractivity contribution is 5.94. The number of hydrogen-bond donors (Lipinski definition) is 8. The fourth-order valence-electron chi connectivity index (χ4n) is 3.69. The van der Waals surface area contributed by atoms with Gasteiger partial charge in [0.25, 0.3) is 0 Å². The highest BCUT2D eigenvalue weighted by atomic mass is 16.4. The molecule has 4 unspecified atom stereocenters. The number of carbonyl (C=O) groups excluding carboxylic acids is 4. The largest absolute Gasteiger partial charge is 0.481 e. The van der Waals surface area contributed by atoms with Gasteiger partial charge in [-0.15, -0.1) is 0 Å². The molecule has 0 saturated carbocycles. The molecule has 2 aromatic rings. The predicted octanol–water partition coefficient (Wildman–Crippen LogP) is -1.81. The number of carbonyl (C=O) groups is 6. The first-order valence-electron chi connectivity index (χ1n) is 12.4. The molecule has 40 heavy (non-hydrogen) atoms. The number of aromatic nitrogens is 2. The predicted molar refractivity (Wildman–Crippen MR) is 139 cm³/mol. The third-order valence-electron chi connectivity index (χ3n) is 5.82. The highest BCUT2D eigenvalue weighted by Gasteiger charge is 2.31. The summed E-state index contributed by atoms with van der Waals surface area (Å²) >= 11 is 0. The zero-order valence-electron chi connectivity index (χ0n) is 21.5. The molecule has 15 heteroatoms. The fraction of sp³-hybridized carbons (Fsp3) is 0.400. The number of H-pyrrole nitrogens is 1. The Hall–Kier alpha value is -4.79. The Morgan fingerprint density at radius 2 is 1.43 bits per heavy atom. The van der Waals surface area contributed by atoms with Crippen LogP contribution in [0.2, 0.25) is 0 Å². The van der Waals surface area contributed by atoms with E-state index in [1.54, 1.807) is 30.3 Å². The SMILES string of the molecule is NC(=O)CCC(NC(=O)C(Cc1cnc[nH]1)NC(=O)C(CCC(=O)O)NC(=O)C(N)Cc1ccccc1)C(=O)O. The van der Waals surface area contributed by atoms with Crippen LogP contribution in [0, 0.1) is 0 Å². The summed E-state index contributed by atoms with van der Waals surface area (Å²) in [4.78, 5) is 79.5. The van der Waals surface area contributed by atoms with Crippen molar-refractivity contribution in [3.8, 4) is 0 Å². The number of carboxylic acids is 2. The van der Waals surface area contributed by atoms with E-state index in [1.165, 1.54) is 12.5 Å². The molecule has 0 aliphatic rings. The van der Waals surface area contributed by atoms with Crippen LogP contribution in [0.4, 0.5) is 0 Å². The van der Waals surface area contributed by atoms with Gasteiger partial charge in [-0.3, -0.25) is 24.0 Å². The fourth-order valence-corrected chi connectivity index (χ4v) is 3.69. The third kappa shape index (κ3) is 10.9. The summed E-state index contributed by atoms with van der Waals surface area (Å²) in [6, 6.07) is 3.65. The molecule has 10 N–H and O–H groups in total. The number of imidazole rings is 1. The maximum atomic E-state index is 13.2. The van der Waals surface area contributed by atoms with Crippen LogP contribution in [-0.2, 0) is 41.6 Å². The molecule has 0 aliphatic heterocycles. The Morgan fingerprint density at radius 3 is 2.00 bits per heavy atom. The summed E-state index contributed by atoms with van der Waals surface area (Å²) in [6.07, 6.45) is 1.37. The number of nitrogens with zero attached hydrogens (tertiary/aromatic N) is 1. The van der Waals surface area contributed by atoms with E-state index >= 15 is 0 Å². The molecule has 216 valence electrons. The molecule has 0 spiro atoms. The second-order valence-electron chi connectivity index (χ2n) is 9.04. The van der Waals surface area contributed by atoms with Gasteiger partial charge >= 0.3 is 11.9 Å². The Bertz CT molecular complexity index is 1170. The number of amides is 4.